The molecule has 0 radical (unpaired) electrons. The Morgan fingerprint density at radius 3 is 2.18 bits per heavy atom. The van der Waals surface area contributed by atoms with Crippen molar-refractivity contribution >= 4 is 11.7 Å². The molecule has 1 aliphatic heterocycles. The van der Waals surface area contributed by atoms with Crippen LogP contribution in [-0.4, -0.2) is 19.2 Å². The van der Waals surface area contributed by atoms with Gasteiger partial charge in [-0.05, 0) is 48.2 Å². The van der Waals surface area contributed by atoms with Gasteiger partial charge in [0.1, 0.15) is 5.75 Å². The Labute approximate surface area is 165 Å². The van der Waals surface area contributed by atoms with Gasteiger partial charge in [0.05, 0.1) is 19.2 Å². The summed E-state index contributed by atoms with van der Waals surface area (Å²) in [7, 11) is 1.66. The van der Waals surface area contributed by atoms with Gasteiger partial charge in [0, 0.05) is 5.69 Å². The van der Waals surface area contributed by atoms with Crippen molar-refractivity contribution in [2.45, 2.75) is 24.9 Å². The number of methoxy groups -OCH3 is 1. The van der Waals surface area contributed by atoms with Gasteiger partial charge in [-0.2, -0.15) is 0 Å². The standard InChI is InChI=1S/C24H24N2O2/c1-28-21-15-13-19(14-16-21)23-22(17-12-18-8-4-2-5-9-18)25-24(27)26(23)20-10-6-3-7-11-20/h2-11,13-16,22-23H,12,17H2,1H3,(H,25,27)/t22-,23-/m1/s1. The lowest BCUT2D eigenvalue weighted by Crippen LogP contribution is -2.29. The Morgan fingerprint density at radius 2 is 1.54 bits per heavy atom. The molecule has 0 saturated carbocycles. The molecular formula is C24H24N2O2. The molecule has 0 spiro atoms. The molecule has 2 atom stereocenters. The molecule has 142 valence electrons. The van der Waals surface area contributed by atoms with E-state index < -0.39 is 0 Å². The number of ether oxygens (including phenoxy) is 1. The predicted molar refractivity (Wildman–Crippen MR) is 112 cm³/mol. The second kappa shape index (κ2) is 8.17. The summed E-state index contributed by atoms with van der Waals surface area (Å²) in [5.41, 5.74) is 3.28. The number of urea groups is 1. The van der Waals surface area contributed by atoms with Crippen LogP contribution in [-0.2, 0) is 6.42 Å². The highest BCUT2D eigenvalue weighted by molar-refractivity contribution is 5.95. The molecule has 3 aromatic carbocycles. The van der Waals surface area contributed by atoms with Crippen LogP contribution in [0, 0.1) is 0 Å². The number of anilines is 1. The number of aryl methyl sites for hydroxylation is 1. The number of nitrogens with one attached hydrogen (secondary N) is 1. The molecule has 0 unspecified atom stereocenters. The van der Waals surface area contributed by atoms with Crippen molar-refractivity contribution in [3.05, 3.63) is 96.1 Å². The Kier molecular flexibility index (Phi) is 5.29. The van der Waals surface area contributed by atoms with Crippen LogP contribution in [0.1, 0.15) is 23.6 Å². The van der Waals surface area contributed by atoms with Gasteiger partial charge in [0.2, 0.25) is 0 Å². The van der Waals surface area contributed by atoms with E-state index in [9.17, 15) is 4.79 Å². The minimum absolute atomic E-state index is 0.0290. The Hall–Kier alpha value is -3.27. The van der Waals surface area contributed by atoms with Crippen LogP contribution < -0.4 is 15.0 Å². The number of carbonyl (C=O) groups is 1. The van der Waals surface area contributed by atoms with Crippen molar-refractivity contribution in [2.24, 2.45) is 0 Å². The second-order valence-electron chi connectivity index (χ2n) is 7.00. The molecule has 1 fully saturated rings. The molecule has 4 heteroatoms. The van der Waals surface area contributed by atoms with E-state index in [2.05, 4.69) is 41.7 Å². The fourth-order valence-electron chi connectivity index (χ4n) is 3.86. The third-order valence-electron chi connectivity index (χ3n) is 5.27. The molecule has 1 aliphatic rings. The summed E-state index contributed by atoms with van der Waals surface area (Å²) >= 11 is 0. The first-order valence-electron chi connectivity index (χ1n) is 9.59. The molecule has 0 bridgehead atoms. The molecule has 1 saturated heterocycles. The highest BCUT2D eigenvalue weighted by Crippen LogP contribution is 2.36. The van der Waals surface area contributed by atoms with E-state index in [1.807, 2.05) is 53.4 Å². The number of para-hydroxylation sites is 1. The smallest absolute Gasteiger partial charge is 0.322 e. The van der Waals surface area contributed by atoms with Crippen molar-refractivity contribution in [1.29, 1.82) is 0 Å². The van der Waals surface area contributed by atoms with E-state index in [1.54, 1.807) is 7.11 Å². The first kappa shape index (κ1) is 18.1. The lowest BCUT2D eigenvalue weighted by Gasteiger charge is -2.27. The zero-order valence-electron chi connectivity index (χ0n) is 15.9. The molecular weight excluding hydrogens is 348 g/mol. The van der Waals surface area contributed by atoms with Gasteiger partial charge in [-0.1, -0.05) is 60.7 Å². The summed E-state index contributed by atoms with van der Waals surface area (Å²) in [5.74, 6) is 0.813. The lowest BCUT2D eigenvalue weighted by atomic mass is 9.94. The van der Waals surface area contributed by atoms with E-state index >= 15 is 0 Å². The van der Waals surface area contributed by atoms with E-state index in [4.69, 9.17) is 4.74 Å². The maximum atomic E-state index is 12.9. The van der Waals surface area contributed by atoms with Gasteiger partial charge in [0.15, 0.2) is 0 Å². The molecule has 0 aromatic heterocycles. The lowest BCUT2D eigenvalue weighted by molar-refractivity contribution is 0.250. The van der Waals surface area contributed by atoms with Crippen molar-refractivity contribution < 1.29 is 9.53 Å². The van der Waals surface area contributed by atoms with Crippen molar-refractivity contribution in [2.75, 3.05) is 12.0 Å². The molecule has 28 heavy (non-hydrogen) atoms. The maximum absolute atomic E-state index is 12.9. The molecule has 1 heterocycles. The van der Waals surface area contributed by atoms with Crippen LogP contribution in [0.4, 0.5) is 10.5 Å². The SMILES string of the molecule is COc1ccc([C@@H]2[C@@H](CCc3ccccc3)NC(=O)N2c2ccccc2)cc1. The van der Waals surface area contributed by atoms with Crippen LogP contribution in [0.25, 0.3) is 0 Å². The summed E-state index contributed by atoms with van der Waals surface area (Å²) in [6.45, 7) is 0. The summed E-state index contributed by atoms with van der Waals surface area (Å²) < 4.78 is 5.30. The van der Waals surface area contributed by atoms with E-state index in [0.717, 1.165) is 29.8 Å². The summed E-state index contributed by atoms with van der Waals surface area (Å²) in [4.78, 5) is 14.8. The fraction of sp³-hybridized carbons (Fsp3) is 0.208. The third kappa shape index (κ3) is 3.72. The molecule has 1 N–H and O–H groups in total. The van der Waals surface area contributed by atoms with Gasteiger partial charge in [0.25, 0.3) is 0 Å². The van der Waals surface area contributed by atoms with Crippen LogP contribution >= 0.6 is 0 Å². The number of benzene rings is 3. The van der Waals surface area contributed by atoms with Gasteiger partial charge >= 0.3 is 6.03 Å². The van der Waals surface area contributed by atoms with Crippen LogP contribution in [0.3, 0.4) is 0 Å². The highest BCUT2D eigenvalue weighted by Gasteiger charge is 2.40. The maximum Gasteiger partial charge on any atom is 0.322 e. The highest BCUT2D eigenvalue weighted by atomic mass is 16.5. The van der Waals surface area contributed by atoms with Crippen molar-refractivity contribution in [1.82, 2.24) is 5.32 Å². The van der Waals surface area contributed by atoms with Gasteiger partial charge < -0.3 is 10.1 Å². The van der Waals surface area contributed by atoms with E-state index in [-0.39, 0.29) is 18.1 Å². The number of carbonyl (C=O) groups excluding carboxylic acids is 1. The van der Waals surface area contributed by atoms with E-state index in [1.165, 1.54) is 5.56 Å². The van der Waals surface area contributed by atoms with Crippen LogP contribution in [0.5, 0.6) is 5.75 Å². The first-order valence-corrected chi connectivity index (χ1v) is 9.59. The number of rotatable bonds is 6. The quantitative estimate of drug-likeness (QED) is 0.664. The van der Waals surface area contributed by atoms with Gasteiger partial charge in [-0.15, -0.1) is 0 Å². The number of hydrogen-bond donors (Lipinski definition) is 1. The van der Waals surface area contributed by atoms with E-state index in [0.29, 0.717) is 0 Å². The molecule has 0 aliphatic carbocycles. The molecule has 4 rings (SSSR count). The molecule has 2 amide bonds. The first-order chi connectivity index (χ1) is 13.8. The van der Waals surface area contributed by atoms with Gasteiger partial charge in [-0.25, -0.2) is 4.79 Å². The predicted octanol–water partition coefficient (Wildman–Crippen LogP) is 4.97. The zero-order chi connectivity index (χ0) is 19.3. The Balaban J connectivity index is 1.65. The van der Waals surface area contributed by atoms with Crippen molar-refractivity contribution in [3.63, 3.8) is 0 Å². The van der Waals surface area contributed by atoms with Crippen LogP contribution in [0.2, 0.25) is 0 Å². The number of nitrogens with zero attached hydrogens (tertiary/aromatic N) is 1. The topological polar surface area (TPSA) is 41.6 Å². The van der Waals surface area contributed by atoms with Gasteiger partial charge in [-0.3, -0.25) is 4.90 Å². The number of amides is 2. The average Bonchev–Trinajstić information content (AvgIpc) is 3.09. The summed E-state index contributed by atoms with van der Waals surface area (Å²) in [6, 6.07) is 28.2. The normalized spacial score (nSPS) is 18.8. The Morgan fingerprint density at radius 1 is 0.893 bits per heavy atom. The monoisotopic (exact) mass is 372 g/mol. The number of hydrogen-bond acceptors (Lipinski definition) is 2. The summed E-state index contributed by atoms with van der Waals surface area (Å²) in [5, 5.41) is 3.21. The zero-order valence-corrected chi connectivity index (χ0v) is 15.9. The minimum Gasteiger partial charge on any atom is -0.497 e. The Bertz CT molecular complexity index is 910. The second-order valence-corrected chi connectivity index (χ2v) is 7.00. The largest absolute Gasteiger partial charge is 0.497 e. The van der Waals surface area contributed by atoms with Crippen molar-refractivity contribution in [3.8, 4) is 5.75 Å². The third-order valence-corrected chi connectivity index (χ3v) is 5.27. The minimum atomic E-state index is -0.0653. The average molecular weight is 372 g/mol. The van der Waals surface area contributed by atoms with Crippen LogP contribution in [0.15, 0.2) is 84.9 Å². The fourth-order valence-corrected chi connectivity index (χ4v) is 3.86. The molecule has 3 aromatic rings. The summed E-state index contributed by atoms with van der Waals surface area (Å²) in [6.07, 6.45) is 1.79. The molecule has 4 nitrogen and oxygen atoms in total.